The Balaban J connectivity index is 1.62. The van der Waals surface area contributed by atoms with Crippen LogP contribution in [0.5, 0.6) is 0 Å². The second-order valence-electron chi connectivity index (χ2n) is 6.34. The van der Waals surface area contributed by atoms with Gasteiger partial charge in [0.15, 0.2) is 0 Å². The molecule has 1 amide bonds. The van der Waals surface area contributed by atoms with Gasteiger partial charge in [-0.2, -0.15) is 5.10 Å². The van der Waals surface area contributed by atoms with Crippen LogP contribution in [-0.2, 0) is 6.54 Å². The fourth-order valence-corrected chi connectivity index (χ4v) is 2.84. The predicted molar refractivity (Wildman–Crippen MR) is 111 cm³/mol. The summed E-state index contributed by atoms with van der Waals surface area (Å²) in [5.74, 6) is 6.18. The third kappa shape index (κ3) is 4.57. The van der Waals surface area contributed by atoms with E-state index >= 15 is 0 Å². The van der Waals surface area contributed by atoms with E-state index in [1.165, 1.54) is 0 Å². The van der Waals surface area contributed by atoms with E-state index in [-0.39, 0.29) is 5.91 Å². The zero-order valence-corrected chi connectivity index (χ0v) is 15.6. The number of nitrogens with zero attached hydrogens (tertiary/aromatic N) is 3. The lowest BCUT2D eigenvalue weighted by Crippen LogP contribution is -2.23. The first kappa shape index (κ1) is 18.2. The molecule has 1 N–H and O–H groups in total. The van der Waals surface area contributed by atoms with Crippen LogP contribution in [0.25, 0.3) is 5.69 Å². The summed E-state index contributed by atoms with van der Waals surface area (Å²) < 4.78 is 1.74. The molecule has 0 saturated carbocycles. The Kier molecular flexibility index (Phi) is 5.45. The summed E-state index contributed by atoms with van der Waals surface area (Å²) >= 11 is 0. The Morgan fingerprint density at radius 1 is 0.966 bits per heavy atom. The van der Waals surface area contributed by atoms with Crippen molar-refractivity contribution in [2.75, 3.05) is 0 Å². The highest BCUT2D eigenvalue weighted by Crippen LogP contribution is 2.16. The van der Waals surface area contributed by atoms with Crippen LogP contribution >= 0.6 is 0 Å². The molecule has 0 aliphatic heterocycles. The van der Waals surface area contributed by atoms with Crippen molar-refractivity contribution < 1.29 is 4.79 Å². The third-order valence-corrected chi connectivity index (χ3v) is 4.30. The van der Waals surface area contributed by atoms with E-state index in [2.05, 4.69) is 27.2 Å². The monoisotopic (exact) mass is 378 g/mol. The molecule has 0 saturated heterocycles. The van der Waals surface area contributed by atoms with E-state index in [4.69, 9.17) is 0 Å². The van der Waals surface area contributed by atoms with Gasteiger partial charge in [0, 0.05) is 42.5 Å². The number of carbonyl (C=O) groups is 1. The molecule has 4 rings (SSSR count). The normalized spacial score (nSPS) is 10.1. The minimum atomic E-state index is -0.163. The summed E-state index contributed by atoms with van der Waals surface area (Å²) in [6.45, 7) is 0.415. The van der Waals surface area contributed by atoms with Crippen molar-refractivity contribution >= 4 is 5.91 Å². The van der Waals surface area contributed by atoms with Crippen molar-refractivity contribution in [3.8, 4) is 17.5 Å². The Bertz CT molecular complexity index is 1160. The molecule has 0 atom stereocenters. The maximum absolute atomic E-state index is 12.6. The number of amides is 1. The lowest BCUT2D eigenvalue weighted by molar-refractivity contribution is 0.0951. The van der Waals surface area contributed by atoms with Gasteiger partial charge in [0.1, 0.15) is 0 Å². The average molecular weight is 378 g/mol. The molecule has 140 valence electrons. The zero-order chi connectivity index (χ0) is 19.9. The summed E-state index contributed by atoms with van der Waals surface area (Å²) in [5.41, 5.74) is 3.94. The predicted octanol–water partition coefficient (Wildman–Crippen LogP) is 3.60. The number of nitrogens with one attached hydrogen (secondary N) is 1. The Hall–Kier alpha value is -4.17. The van der Waals surface area contributed by atoms with E-state index in [0.29, 0.717) is 12.1 Å². The van der Waals surface area contributed by atoms with Crippen molar-refractivity contribution in [2.45, 2.75) is 6.54 Å². The van der Waals surface area contributed by atoms with Crippen LogP contribution in [0.4, 0.5) is 0 Å². The molecule has 0 unspecified atom stereocenters. The van der Waals surface area contributed by atoms with Crippen LogP contribution in [-0.4, -0.2) is 20.7 Å². The number of carbonyl (C=O) groups excluding carboxylic acids is 1. The molecule has 2 aromatic carbocycles. The Morgan fingerprint density at radius 3 is 2.62 bits per heavy atom. The second kappa shape index (κ2) is 8.68. The molecule has 4 aromatic rings. The van der Waals surface area contributed by atoms with Crippen LogP contribution in [0.1, 0.15) is 27.0 Å². The number of benzene rings is 2. The molecule has 0 spiro atoms. The molecule has 0 aliphatic rings. The highest BCUT2D eigenvalue weighted by molar-refractivity contribution is 5.95. The van der Waals surface area contributed by atoms with Crippen LogP contribution < -0.4 is 5.32 Å². The average Bonchev–Trinajstić information content (AvgIpc) is 3.32. The quantitative estimate of drug-likeness (QED) is 0.552. The summed E-state index contributed by atoms with van der Waals surface area (Å²) in [4.78, 5) is 16.7. The van der Waals surface area contributed by atoms with Gasteiger partial charge in [-0.1, -0.05) is 36.1 Å². The highest BCUT2D eigenvalue weighted by Gasteiger charge is 2.10. The van der Waals surface area contributed by atoms with Gasteiger partial charge in [-0.25, -0.2) is 4.68 Å². The van der Waals surface area contributed by atoms with Crippen LogP contribution in [0, 0.1) is 11.8 Å². The number of hydrogen-bond donors (Lipinski definition) is 1. The van der Waals surface area contributed by atoms with Gasteiger partial charge in [-0.05, 0) is 48.0 Å². The van der Waals surface area contributed by atoms with E-state index in [9.17, 15) is 4.79 Å². The van der Waals surface area contributed by atoms with E-state index in [1.807, 2.05) is 60.8 Å². The van der Waals surface area contributed by atoms with Gasteiger partial charge in [0.2, 0.25) is 0 Å². The number of rotatable bonds is 4. The van der Waals surface area contributed by atoms with Gasteiger partial charge in [0.25, 0.3) is 5.91 Å². The number of hydrogen-bond acceptors (Lipinski definition) is 3. The maximum Gasteiger partial charge on any atom is 0.251 e. The molecule has 0 aliphatic carbocycles. The molecule has 2 aromatic heterocycles. The maximum atomic E-state index is 12.6. The van der Waals surface area contributed by atoms with Gasteiger partial charge in [-0.15, -0.1) is 0 Å². The smallest absolute Gasteiger partial charge is 0.251 e. The number of pyridine rings is 1. The van der Waals surface area contributed by atoms with Crippen LogP contribution in [0.15, 0.2) is 91.5 Å². The first-order valence-electron chi connectivity index (χ1n) is 9.18. The van der Waals surface area contributed by atoms with Gasteiger partial charge < -0.3 is 5.32 Å². The standard InChI is InChI=1S/C24H18N4O/c29-24(26-18-20-8-4-13-25-17-20)22-11-12-23(28-15-5-14-27-28)21(16-22)10-9-19-6-2-1-3-7-19/h1-8,11-17H,18H2,(H,26,29). The van der Waals surface area contributed by atoms with Crippen LogP contribution in [0.2, 0.25) is 0 Å². The van der Waals surface area contributed by atoms with Gasteiger partial charge >= 0.3 is 0 Å². The molecule has 5 nitrogen and oxygen atoms in total. The van der Waals surface area contributed by atoms with E-state index in [1.54, 1.807) is 35.4 Å². The van der Waals surface area contributed by atoms with Crippen LogP contribution in [0.3, 0.4) is 0 Å². The largest absolute Gasteiger partial charge is 0.348 e. The third-order valence-electron chi connectivity index (χ3n) is 4.30. The Morgan fingerprint density at radius 2 is 1.86 bits per heavy atom. The number of aromatic nitrogens is 3. The van der Waals surface area contributed by atoms with E-state index in [0.717, 1.165) is 22.4 Å². The minimum Gasteiger partial charge on any atom is -0.348 e. The molecule has 5 heteroatoms. The summed E-state index contributed by atoms with van der Waals surface area (Å²) in [5, 5.41) is 7.21. The van der Waals surface area contributed by atoms with Crippen molar-refractivity contribution in [3.05, 3.63) is 114 Å². The fourth-order valence-electron chi connectivity index (χ4n) is 2.84. The summed E-state index contributed by atoms with van der Waals surface area (Å²) in [7, 11) is 0. The molecule has 0 bridgehead atoms. The molecule has 2 heterocycles. The lowest BCUT2D eigenvalue weighted by Gasteiger charge is -2.09. The molecule has 0 radical (unpaired) electrons. The molecule has 0 fully saturated rings. The highest BCUT2D eigenvalue weighted by atomic mass is 16.1. The van der Waals surface area contributed by atoms with Crippen molar-refractivity contribution in [2.24, 2.45) is 0 Å². The van der Waals surface area contributed by atoms with Gasteiger partial charge in [0.05, 0.1) is 11.3 Å². The first-order valence-corrected chi connectivity index (χ1v) is 9.18. The van der Waals surface area contributed by atoms with E-state index < -0.39 is 0 Å². The first-order chi connectivity index (χ1) is 14.3. The summed E-state index contributed by atoms with van der Waals surface area (Å²) in [6.07, 6.45) is 7.00. The van der Waals surface area contributed by atoms with Crippen molar-refractivity contribution in [1.29, 1.82) is 0 Å². The zero-order valence-electron chi connectivity index (χ0n) is 15.6. The fraction of sp³-hybridized carbons (Fsp3) is 0.0417. The molecule has 29 heavy (non-hydrogen) atoms. The second-order valence-corrected chi connectivity index (χ2v) is 6.34. The summed E-state index contributed by atoms with van der Waals surface area (Å²) in [6, 6.07) is 20.8. The minimum absolute atomic E-state index is 0.163. The molecular weight excluding hydrogens is 360 g/mol. The lowest BCUT2D eigenvalue weighted by atomic mass is 10.1. The Labute approximate surface area is 169 Å². The van der Waals surface area contributed by atoms with Gasteiger partial charge in [-0.3, -0.25) is 9.78 Å². The van der Waals surface area contributed by atoms with Crippen molar-refractivity contribution in [3.63, 3.8) is 0 Å². The molecular formula is C24H18N4O. The van der Waals surface area contributed by atoms with Crippen molar-refractivity contribution in [1.82, 2.24) is 20.1 Å². The topological polar surface area (TPSA) is 59.8 Å². The SMILES string of the molecule is O=C(NCc1cccnc1)c1ccc(-n2cccn2)c(C#Cc2ccccc2)c1.